The lowest BCUT2D eigenvalue weighted by molar-refractivity contribution is 0.645. The normalized spacial score (nSPS) is 11.8. The molecule has 0 saturated heterocycles. The van der Waals surface area contributed by atoms with E-state index in [-0.39, 0.29) is 0 Å². The molecule has 0 bridgehead atoms. The second kappa shape index (κ2) is 7.36. The van der Waals surface area contributed by atoms with Gasteiger partial charge in [0.15, 0.2) is 0 Å². The summed E-state index contributed by atoms with van der Waals surface area (Å²) in [5.74, 6) is 0. The third-order valence-electron chi connectivity index (χ3n) is 7.32. The number of aromatic nitrogens is 2. The number of fused-ring (bicyclic) bond motifs is 8. The van der Waals surface area contributed by atoms with E-state index in [1.807, 2.05) is 36.4 Å². The van der Waals surface area contributed by atoms with Crippen LogP contribution in [0.5, 0.6) is 0 Å². The van der Waals surface area contributed by atoms with Crippen LogP contribution in [0, 0.1) is 11.3 Å². The predicted octanol–water partition coefficient (Wildman–Crippen LogP) is 8.50. The van der Waals surface area contributed by atoms with E-state index in [1.165, 1.54) is 10.8 Å². The van der Waals surface area contributed by atoms with Crippen LogP contribution in [0.15, 0.2) is 120 Å². The molecule has 0 spiro atoms. The molecule has 8 aromatic rings. The maximum atomic E-state index is 10.1. The lowest BCUT2D eigenvalue weighted by Crippen LogP contribution is -2.00. The van der Waals surface area contributed by atoms with Crippen LogP contribution in [0.1, 0.15) is 5.56 Å². The minimum absolute atomic E-state index is 0.594. The zero-order chi connectivity index (χ0) is 24.5. The van der Waals surface area contributed by atoms with Gasteiger partial charge in [0.05, 0.1) is 39.3 Å². The van der Waals surface area contributed by atoms with Crippen molar-refractivity contribution in [1.29, 1.82) is 5.26 Å². The van der Waals surface area contributed by atoms with Gasteiger partial charge >= 0.3 is 0 Å². The molecular formula is C33H19N3O. The summed E-state index contributed by atoms with van der Waals surface area (Å²) >= 11 is 0. The molecular weight excluding hydrogens is 454 g/mol. The van der Waals surface area contributed by atoms with Gasteiger partial charge in [-0.2, -0.15) is 5.26 Å². The molecule has 0 saturated carbocycles. The molecule has 0 atom stereocenters. The van der Waals surface area contributed by atoms with E-state index in [4.69, 9.17) is 4.42 Å². The fourth-order valence-electron chi connectivity index (χ4n) is 5.81. The average molecular weight is 474 g/mol. The molecule has 0 aliphatic rings. The van der Waals surface area contributed by atoms with Crippen molar-refractivity contribution >= 4 is 54.8 Å². The number of nitriles is 1. The third kappa shape index (κ3) is 2.71. The van der Waals surface area contributed by atoms with Crippen molar-refractivity contribution in [2.45, 2.75) is 0 Å². The number of furan rings is 1. The van der Waals surface area contributed by atoms with Crippen molar-refractivity contribution < 1.29 is 4.42 Å². The third-order valence-corrected chi connectivity index (χ3v) is 7.32. The van der Waals surface area contributed by atoms with Gasteiger partial charge in [-0.1, -0.05) is 72.8 Å². The SMILES string of the molecule is N#Cc1cc(-n2c3ccccc3c3ccccc32)cc(-n2c3ccccc3c3c4ccccc4oc32)c1. The quantitative estimate of drug-likeness (QED) is 0.253. The average Bonchev–Trinajstić information content (AvgIpc) is 3.59. The minimum Gasteiger partial charge on any atom is -0.439 e. The lowest BCUT2D eigenvalue weighted by atomic mass is 10.1. The molecule has 0 N–H and O–H groups in total. The second-order valence-corrected chi connectivity index (χ2v) is 9.35. The van der Waals surface area contributed by atoms with Gasteiger partial charge in [0.1, 0.15) is 5.58 Å². The molecule has 4 heteroatoms. The van der Waals surface area contributed by atoms with Crippen molar-refractivity contribution in [3.8, 4) is 17.4 Å². The molecule has 3 aromatic heterocycles. The molecule has 4 nitrogen and oxygen atoms in total. The summed E-state index contributed by atoms with van der Waals surface area (Å²) in [6, 6.07) is 41.8. The summed E-state index contributed by atoms with van der Waals surface area (Å²) in [5.41, 5.74) is 7.32. The van der Waals surface area contributed by atoms with Gasteiger partial charge in [0.2, 0.25) is 5.71 Å². The largest absolute Gasteiger partial charge is 0.439 e. The first-order chi connectivity index (χ1) is 18.3. The topological polar surface area (TPSA) is 46.8 Å². The Morgan fingerprint density at radius 3 is 1.70 bits per heavy atom. The number of hydrogen-bond acceptors (Lipinski definition) is 2. The van der Waals surface area contributed by atoms with Gasteiger partial charge in [-0.25, -0.2) is 0 Å². The van der Waals surface area contributed by atoms with Gasteiger partial charge < -0.3 is 8.98 Å². The van der Waals surface area contributed by atoms with E-state index in [0.717, 1.165) is 55.4 Å². The second-order valence-electron chi connectivity index (χ2n) is 9.35. The van der Waals surface area contributed by atoms with Gasteiger partial charge in [-0.05, 0) is 42.5 Å². The highest BCUT2D eigenvalue weighted by molar-refractivity contribution is 6.20. The first kappa shape index (κ1) is 20.0. The van der Waals surface area contributed by atoms with E-state index in [2.05, 4.69) is 94.1 Å². The molecule has 37 heavy (non-hydrogen) atoms. The molecule has 0 unspecified atom stereocenters. The van der Waals surface area contributed by atoms with Crippen molar-refractivity contribution in [3.63, 3.8) is 0 Å². The number of benzene rings is 5. The number of hydrogen-bond donors (Lipinski definition) is 0. The van der Waals surface area contributed by atoms with Crippen LogP contribution in [0.3, 0.4) is 0 Å². The Morgan fingerprint density at radius 2 is 1.05 bits per heavy atom. The molecule has 172 valence electrons. The molecule has 0 fully saturated rings. The predicted molar refractivity (Wildman–Crippen MR) is 150 cm³/mol. The Bertz CT molecular complexity index is 2170. The molecule has 0 aliphatic heterocycles. The molecule has 0 radical (unpaired) electrons. The summed E-state index contributed by atoms with van der Waals surface area (Å²) in [7, 11) is 0. The van der Waals surface area contributed by atoms with Crippen LogP contribution in [0.4, 0.5) is 0 Å². The van der Waals surface area contributed by atoms with E-state index in [1.54, 1.807) is 0 Å². The van der Waals surface area contributed by atoms with Crippen LogP contribution in [-0.4, -0.2) is 9.13 Å². The van der Waals surface area contributed by atoms with Crippen molar-refractivity contribution in [1.82, 2.24) is 9.13 Å². The smallest absolute Gasteiger partial charge is 0.213 e. The van der Waals surface area contributed by atoms with Gasteiger partial charge in [-0.3, -0.25) is 4.57 Å². The Hall–Kier alpha value is -5.27. The van der Waals surface area contributed by atoms with Crippen LogP contribution in [0.2, 0.25) is 0 Å². The van der Waals surface area contributed by atoms with E-state index >= 15 is 0 Å². The van der Waals surface area contributed by atoms with Crippen LogP contribution < -0.4 is 0 Å². The van der Waals surface area contributed by atoms with Crippen LogP contribution >= 0.6 is 0 Å². The Labute approximate surface area is 211 Å². The minimum atomic E-state index is 0.594. The number of para-hydroxylation sites is 4. The number of nitrogens with zero attached hydrogens (tertiary/aromatic N) is 3. The Balaban J connectivity index is 1.50. The van der Waals surface area contributed by atoms with Gasteiger partial charge in [0, 0.05) is 27.2 Å². The highest BCUT2D eigenvalue weighted by Crippen LogP contribution is 2.40. The van der Waals surface area contributed by atoms with Crippen LogP contribution in [-0.2, 0) is 0 Å². The van der Waals surface area contributed by atoms with Crippen molar-refractivity contribution in [2.24, 2.45) is 0 Å². The maximum Gasteiger partial charge on any atom is 0.213 e. The summed E-state index contributed by atoms with van der Waals surface area (Å²) in [6.45, 7) is 0. The molecule has 5 aromatic carbocycles. The zero-order valence-electron chi connectivity index (χ0n) is 19.7. The number of rotatable bonds is 2. The first-order valence-electron chi connectivity index (χ1n) is 12.3. The summed E-state index contributed by atoms with van der Waals surface area (Å²) in [5, 5.41) is 15.7. The van der Waals surface area contributed by atoms with Crippen LogP contribution in [0.25, 0.3) is 66.2 Å². The first-order valence-corrected chi connectivity index (χ1v) is 12.3. The fraction of sp³-hybridized carbons (Fsp3) is 0. The molecule has 3 heterocycles. The van der Waals surface area contributed by atoms with Gasteiger partial charge in [-0.15, -0.1) is 0 Å². The lowest BCUT2D eigenvalue weighted by Gasteiger charge is -2.13. The zero-order valence-corrected chi connectivity index (χ0v) is 19.7. The Morgan fingerprint density at radius 1 is 0.541 bits per heavy atom. The summed E-state index contributed by atoms with van der Waals surface area (Å²) in [6.07, 6.45) is 0. The van der Waals surface area contributed by atoms with Crippen molar-refractivity contribution in [3.05, 3.63) is 121 Å². The standard InChI is InChI=1S/C33H19N3O/c34-20-21-17-22(35-28-13-5-1-9-24(28)25-10-2-6-14-29(25)35)19-23(18-21)36-30-15-7-3-11-26(30)32-27-12-4-8-16-31(27)37-33(32)36/h1-19H. The van der Waals surface area contributed by atoms with E-state index in [0.29, 0.717) is 5.56 Å². The highest BCUT2D eigenvalue weighted by atomic mass is 16.3. The van der Waals surface area contributed by atoms with E-state index < -0.39 is 0 Å². The highest BCUT2D eigenvalue weighted by Gasteiger charge is 2.20. The van der Waals surface area contributed by atoms with E-state index in [9.17, 15) is 5.26 Å². The molecule has 0 amide bonds. The maximum absolute atomic E-state index is 10.1. The monoisotopic (exact) mass is 473 g/mol. The van der Waals surface area contributed by atoms with Crippen molar-refractivity contribution in [2.75, 3.05) is 0 Å². The fourth-order valence-corrected chi connectivity index (χ4v) is 5.81. The molecule has 0 aliphatic carbocycles. The summed E-state index contributed by atoms with van der Waals surface area (Å²) in [4.78, 5) is 0. The summed E-state index contributed by atoms with van der Waals surface area (Å²) < 4.78 is 10.8. The Kier molecular flexibility index (Phi) is 3.98. The van der Waals surface area contributed by atoms with Gasteiger partial charge in [0.25, 0.3) is 0 Å². The molecule has 8 rings (SSSR count).